The predicted molar refractivity (Wildman–Crippen MR) is 132 cm³/mol. The van der Waals surface area contributed by atoms with Gasteiger partial charge in [-0.1, -0.05) is 6.07 Å². The number of fused-ring (bicyclic) bond motifs is 1. The standard InChI is InChI=1S/C23H28F3N7O3S/c1-22(2,34)8-14-10-31(11-14)19-18-9-27-33(17-6-4-5-15(7-17)23(24,25)26)20(18)30-21(29-19)28-16-12-32(13-16)37(3,35)36/h4-7,9,14,16,34H,8,10-13H2,1-3H3,(H,28,29,30). The van der Waals surface area contributed by atoms with Crippen LogP contribution in [0, 0.1) is 5.92 Å². The Morgan fingerprint density at radius 3 is 2.46 bits per heavy atom. The number of nitrogens with one attached hydrogen (secondary N) is 1. The van der Waals surface area contributed by atoms with Crippen LogP contribution in [-0.2, 0) is 16.2 Å². The van der Waals surface area contributed by atoms with Gasteiger partial charge in [0.25, 0.3) is 0 Å². The van der Waals surface area contributed by atoms with Gasteiger partial charge >= 0.3 is 6.18 Å². The van der Waals surface area contributed by atoms with Crippen LogP contribution in [-0.4, -0.2) is 81.7 Å². The number of anilines is 2. The molecule has 0 unspecified atom stereocenters. The van der Waals surface area contributed by atoms with Crippen LogP contribution in [0.5, 0.6) is 0 Å². The molecule has 2 fully saturated rings. The van der Waals surface area contributed by atoms with Crippen molar-refractivity contribution in [3.63, 3.8) is 0 Å². The van der Waals surface area contributed by atoms with Crippen molar-refractivity contribution in [1.29, 1.82) is 0 Å². The second-order valence-corrected chi connectivity index (χ2v) is 12.4. The SMILES string of the molecule is CC(C)(O)CC1CN(c2nc(NC3CN(S(C)(=O)=O)C3)nc3c2cnn3-c2cccc(C(F)(F)F)c2)C1. The summed E-state index contributed by atoms with van der Waals surface area (Å²) in [5, 5.41) is 18.2. The summed E-state index contributed by atoms with van der Waals surface area (Å²) in [6.07, 6.45) is -1.21. The number of aliphatic hydroxyl groups is 1. The lowest BCUT2D eigenvalue weighted by Crippen LogP contribution is -2.56. The first-order valence-electron chi connectivity index (χ1n) is 11.8. The molecule has 4 heterocycles. The first kappa shape index (κ1) is 25.7. The normalized spacial score (nSPS) is 18.2. The molecular weight excluding hydrogens is 511 g/mol. The Balaban J connectivity index is 1.49. The fraction of sp³-hybridized carbons (Fsp3) is 0.522. The Kier molecular flexibility index (Phi) is 6.11. The maximum atomic E-state index is 13.3. The lowest BCUT2D eigenvalue weighted by molar-refractivity contribution is -0.137. The number of halogens is 3. The Labute approximate surface area is 212 Å². The second kappa shape index (κ2) is 8.81. The molecule has 0 bridgehead atoms. The van der Waals surface area contributed by atoms with Crippen LogP contribution in [0.25, 0.3) is 16.7 Å². The molecule has 2 aliphatic heterocycles. The Morgan fingerprint density at radius 1 is 1.14 bits per heavy atom. The third kappa shape index (κ3) is 5.36. The van der Waals surface area contributed by atoms with Gasteiger partial charge in [-0.25, -0.2) is 13.1 Å². The van der Waals surface area contributed by atoms with Crippen LogP contribution in [0.1, 0.15) is 25.8 Å². The molecule has 0 amide bonds. The van der Waals surface area contributed by atoms with E-state index in [1.54, 1.807) is 13.8 Å². The van der Waals surface area contributed by atoms with Gasteiger partial charge in [0.05, 0.1) is 40.7 Å². The summed E-state index contributed by atoms with van der Waals surface area (Å²) in [6, 6.07) is 4.65. The zero-order valence-corrected chi connectivity index (χ0v) is 21.4. The van der Waals surface area contributed by atoms with Crippen LogP contribution < -0.4 is 10.2 Å². The molecule has 2 saturated heterocycles. The summed E-state index contributed by atoms with van der Waals surface area (Å²) in [5.74, 6) is 1.08. The third-order valence-corrected chi connectivity index (χ3v) is 7.76. The van der Waals surface area contributed by atoms with Crippen molar-refractivity contribution >= 4 is 32.8 Å². The molecule has 0 radical (unpaired) electrons. The fourth-order valence-corrected chi connectivity index (χ4v) is 5.66. The summed E-state index contributed by atoms with van der Waals surface area (Å²) in [4.78, 5) is 11.2. The van der Waals surface area contributed by atoms with Gasteiger partial charge in [0.15, 0.2) is 5.65 Å². The fourth-order valence-electron chi connectivity index (χ4n) is 4.76. The van der Waals surface area contributed by atoms with Gasteiger partial charge in [0.2, 0.25) is 16.0 Å². The van der Waals surface area contributed by atoms with E-state index < -0.39 is 27.4 Å². The largest absolute Gasteiger partial charge is 0.416 e. The van der Waals surface area contributed by atoms with Crippen molar-refractivity contribution in [3.8, 4) is 5.69 Å². The van der Waals surface area contributed by atoms with E-state index in [0.29, 0.717) is 36.4 Å². The summed E-state index contributed by atoms with van der Waals surface area (Å²) in [7, 11) is -3.30. The van der Waals surface area contributed by atoms with Crippen molar-refractivity contribution in [2.45, 2.75) is 38.1 Å². The van der Waals surface area contributed by atoms with Gasteiger partial charge in [-0.05, 0) is 44.4 Å². The highest BCUT2D eigenvalue weighted by molar-refractivity contribution is 7.88. The van der Waals surface area contributed by atoms with Crippen molar-refractivity contribution < 1.29 is 26.7 Å². The van der Waals surface area contributed by atoms with Crippen LogP contribution >= 0.6 is 0 Å². The average molecular weight is 540 g/mol. The van der Waals surface area contributed by atoms with Crippen LogP contribution in [0.3, 0.4) is 0 Å². The number of rotatable bonds is 7. The lowest BCUT2D eigenvalue weighted by atomic mass is 9.88. The van der Waals surface area contributed by atoms with Crippen LogP contribution in [0.2, 0.25) is 0 Å². The summed E-state index contributed by atoms with van der Waals surface area (Å²) >= 11 is 0. The highest BCUT2D eigenvalue weighted by Crippen LogP contribution is 2.35. The van der Waals surface area contributed by atoms with Gasteiger partial charge in [-0.3, -0.25) is 0 Å². The number of sulfonamides is 1. The number of alkyl halides is 3. The molecule has 0 aliphatic carbocycles. The maximum Gasteiger partial charge on any atom is 0.416 e. The smallest absolute Gasteiger partial charge is 0.390 e. The van der Waals surface area contributed by atoms with E-state index in [9.17, 15) is 26.7 Å². The molecule has 14 heteroatoms. The van der Waals surface area contributed by atoms with Crippen LogP contribution in [0.4, 0.5) is 24.9 Å². The molecule has 200 valence electrons. The minimum atomic E-state index is -4.51. The van der Waals surface area contributed by atoms with E-state index in [1.165, 1.54) is 27.3 Å². The Hall–Kier alpha value is -2.97. The Bertz CT molecular complexity index is 1420. The molecule has 2 aromatic heterocycles. The zero-order chi connectivity index (χ0) is 26.8. The van der Waals surface area contributed by atoms with Gasteiger partial charge in [0, 0.05) is 26.2 Å². The van der Waals surface area contributed by atoms with Crippen LogP contribution in [0.15, 0.2) is 30.5 Å². The molecule has 5 rings (SSSR count). The first-order valence-corrected chi connectivity index (χ1v) is 13.6. The van der Waals surface area contributed by atoms with Crippen molar-refractivity contribution in [2.24, 2.45) is 5.92 Å². The molecule has 10 nitrogen and oxygen atoms in total. The van der Waals surface area contributed by atoms with E-state index in [4.69, 9.17) is 0 Å². The number of hydrogen-bond donors (Lipinski definition) is 2. The minimum absolute atomic E-state index is 0.204. The highest BCUT2D eigenvalue weighted by Gasteiger charge is 2.36. The van der Waals surface area contributed by atoms with Crippen molar-refractivity contribution in [3.05, 3.63) is 36.0 Å². The van der Waals surface area contributed by atoms with E-state index in [1.807, 2.05) is 4.90 Å². The van der Waals surface area contributed by atoms with Crippen molar-refractivity contribution in [2.75, 3.05) is 42.7 Å². The van der Waals surface area contributed by atoms with E-state index in [0.717, 1.165) is 18.4 Å². The molecular formula is C23H28F3N7O3S. The number of hydrogen-bond acceptors (Lipinski definition) is 8. The second-order valence-electron chi connectivity index (χ2n) is 10.4. The first-order chi connectivity index (χ1) is 17.2. The molecule has 3 aromatic rings. The van der Waals surface area contributed by atoms with Gasteiger partial charge in [-0.2, -0.15) is 32.5 Å². The molecule has 37 heavy (non-hydrogen) atoms. The molecule has 1 aromatic carbocycles. The van der Waals surface area contributed by atoms with Gasteiger partial charge < -0.3 is 15.3 Å². The molecule has 2 aliphatic rings. The molecule has 2 N–H and O–H groups in total. The van der Waals surface area contributed by atoms with Gasteiger partial charge in [-0.15, -0.1) is 0 Å². The number of nitrogens with zero attached hydrogens (tertiary/aromatic N) is 6. The summed E-state index contributed by atoms with van der Waals surface area (Å²) in [5.41, 5.74) is -1.06. The minimum Gasteiger partial charge on any atom is -0.390 e. The number of aromatic nitrogens is 4. The summed E-state index contributed by atoms with van der Waals surface area (Å²) < 4.78 is 66.1. The molecule has 0 saturated carbocycles. The van der Waals surface area contributed by atoms with Gasteiger partial charge in [0.1, 0.15) is 5.82 Å². The highest BCUT2D eigenvalue weighted by atomic mass is 32.2. The third-order valence-electron chi connectivity index (χ3n) is 6.52. The average Bonchev–Trinajstić information content (AvgIpc) is 3.14. The van der Waals surface area contributed by atoms with E-state index in [2.05, 4.69) is 20.4 Å². The quantitative estimate of drug-likeness (QED) is 0.471. The topological polar surface area (TPSA) is 116 Å². The predicted octanol–water partition coefficient (Wildman–Crippen LogP) is 2.49. The zero-order valence-electron chi connectivity index (χ0n) is 20.6. The van der Waals surface area contributed by atoms with E-state index >= 15 is 0 Å². The summed E-state index contributed by atoms with van der Waals surface area (Å²) in [6.45, 7) is 5.35. The lowest BCUT2D eigenvalue weighted by Gasteiger charge is -2.42. The van der Waals surface area contributed by atoms with Crippen molar-refractivity contribution in [1.82, 2.24) is 24.1 Å². The molecule has 0 spiro atoms. The monoisotopic (exact) mass is 539 g/mol. The Morgan fingerprint density at radius 2 is 1.84 bits per heavy atom. The molecule has 0 atom stereocenters. The number of benzene rings is 1. The maximum absolute atomic E-state index is 13.3. The van der Waals surface area contributed by atoms with E-state index in [-0.39, 0.29) is 36.7 Å².